The molecule has 1 saturated heterocycles. The van der Waals surface area contributed by atoms with Crippen molar-refractivity contribution in [2.24, 2.45) is 11.8 Å². The summed E-state index contributed by atoms with van der Waals surface area (Å²) in [6.45, 7) is 11.6. The number of amides is 3. The normalized spacial score (nSPS) is 24.4. The molecule has 0 bridgehead atoms. The highest BCUT2D eigenvalue weighted by Crippen LogP contribution is 2.22. The van der Waals surface area contributed by atoms with Crippen molar-refractivity contribution in [2.45, 2.75) is 130 Å². The maximum atomic E-state index is 13.4. The molecule has 1 aliphatic rings. The number of cyclic esters (lactones) is 1. The SMILES string of the molecule is CCCCCCCC[C@H](C)[C@@H]1CC(=O)N[C@@H](Cc2ccc(C)cc2)C(=O)N[C@@H](C)C(=O)NC([C@@H](C)CC)C(=O)O1. The third kappa shape index (κ3) is 10.9. The predicted octanol–water partition coefficient (Wildman–Crippen LogP) is 4.76. The van der Waals surface area contributed by atoms with Crippen LogP contribution in [0.3, 0.4) is 0 Å². The average Bonchev–Trinajstić information content (AvgIpc) is 2.93. The fourth-order valence-electron chi connectivity index (χ4n) is 4.95. The van der Waals surface area contributed by atoms with E-state index in [4.69, 9.17) is 4.74 Å². The van der Waals surface area contributed by atoms with Gasteiger partial charge in [-0.2, -0.15) is 0 Å². The number of esters is 1. The second kappa shape index (κ2) is 17.0. The van der Waals surface area contributed by atoms with Crippen molar-refractivity contribution < 1.29 is 23.9 Å². The van der Waals surface area contributed by atoms with Crippen LogP contribution >= 0.6 is 0 Å². The molecule has 6 atom stereocenters. The molecule has 2 rings (SSSR count). The largest absolute Gasteiger partial charge is 0.460 e. The Hall–Kier alpha value is -2.90. The van der Waals surface area contributed by atoms with Crippen LogP contribution in [-0.2, 0) is 30.3 Å². The molecule has 224 valence electrons. The van der Waals surface area contributed by atoms with Crippen LogP contribution in [0.2, 0.25) is 0 Å². The van der Waals surface area contributed by atoms with Crippen molar-refractivity contribution in [1.29, 1.82) is 0 Å². The number of unbranched alkanes of at least 4 members (excludes halogenated alkanes) is 5. The van der Waals surface area contributed by atoms with Crippen LogP contribution < -0.4 is 16.0 Å². The predicted molar refractivity (Wildman–Crippen MR) is 157 cm³/mol. The highest BCUT2D eigenvalue weighted by molar-refractivity contribution is 5.94. The summed E-state index contributed by atoms with van der Waals surface area (Å²) in [5.74, 6) is -2.04. The van der Waals surface area contributed by atoms with Gasteiger partial charge in [0.2, 0.25) is 17.7 Å². The van der Waals surface area contributed by atoms with E-state index < -0.39 is 42.0 Å². The zero-order valence-corrected chi connectivity index (χ0v) is 25.4. The second-order valence-electron chi connectivity index (χ2n) is 11.6. The minimum absolute atomic E-state index is 0.0445. The number of nitrogens with one attached hydrogen (secondary N) is 3. The van der Waals surface area contributed by atoms with Crippen LogP contribution in [-0.4, -0.2) is 47.9 Å². The molecule has 1 aromatic rings. The molecule has 0 saturated carbocycles. The summed E-state index contributed by atoms with van der Waals surface area (Å²) in [4.78, 5) is 53.0. The lowest BCUT2D eigenvalue weighted by Crippen LogP contribution is -2.55. The maximum absolute atomic E-state index is 13.4. The fraction of sp³-hybridized carbons (Fsp3) is 0.688. The van der Waals surface area contributed by atoms with Gasteiger partial charge < -0.3 is 20.7 Å². The van der Waals surface area contributed by atoms with Crippen molar-refractivity contribution in [3.05, 3.63) is 35.4 Å². The van der Waals surface area contributed by atoms with Gasteiger partial charge >= 0.3 is 5.97 Å². The lowest BCUT2D eigenvalue weighted by atomic mass is 9.93. The van der Waals surface area contributed by atoms with E-state index in [1.165, 1.54) is 25.7 Å². The van der Waals surface area contributed by atoms with Gasteiger partial charge in [0.05, 0.1) is 6.42 Å². The van der Waals surface area contributed by atoms with E-state index in [0.717, 1.165) is 30.4 Å². The van der Waals surface area contributed by atoms with E-state index in [9.17, 15) is 19.2 Å². The van der Waals surface area contributed by atoms with E-state index >= 15 is 0 Å². The summed E-state index contributed by atoms with van der Waals surface area (Å²) in [6.07, 6.45) is 7.94. The molecule has 3 amide bonds. The van der Waals surface area contributed by atoms with Crippen LogP contribution in [0.1, 0.15) is 104 Å². The summed E-state index contributed by atoms with van der Waals surface area (Å²) in [7, 11) is 0. The number of aryl methyl sites for hydroxylation is 1. The molecule has 0 radical (unpaired) electrons. The van der Waals surface area contributed by atoms with E-state index in [2.05, 4.69) is 22.9 Å². The summed E-state index contributed by atoms with van der Waals surface area (Å²) in [6, 6.07) is 5.13. The molecular weight excluding hydrogens is 506 g/mol. The minimum Gasteiger partial charge on any atom is -0.460 e. The molecule has 3 N–H and O–H groups in total. The number of hydrogen-bond donors (Lipinski definition) is 3. The molecule has 1 aromatic carbocycles. The van der Waals surface area contributed by atoms with E-state index in [-0.39, 0.29) is 30.6 Å². The van der Waals surface area contributed by atoms with Crippen molar-refractivity contribution >= 4 is 23.7 Å². The zero-order valence-electron chi connectivity index (χ0n) is 25.4. The summed E-state index contributed by atoms with van der Waals surface area (Å²) >= 11 is 0. The first kappa shape index (κ1) is 33.3. The van der Waals surface area contributed by atoms with Crippen LogP contribution in [0, 0.1) is 18.8 Å². The van der Waals surface area contributed by atoms with Gasteiger partial charge in [-0.05, 0) is 37.7 Å². The Kier molecular flexibility index (Phi) is 14.2. The third-order valence-electron chi connectivity index (χ3n) is 8.03. The van der Waals surface area contributed by atoms with Gasteiger partial charge in [-0.15, -0.1) is 0 Å². The quantitative estimate of drug-likeness (QED) is 0.253. The number of rotatable bonds is 12. The molecule has 1 aliphatic heterocycles. The molecular formula is C32H51N3O5. The summed E-state index contributed by atoms with van der Waals surface area (Å²) in [5.41, 5.74) is 1.99. The fourth-order valence-corrected chi connectivity index (χ4v) is 4.95. The summed E-state index contributed by atoms with van der Waals surface area (Å²) < 4.78 is 5.98. The van der Waals surface area contributed by atoms with Crippen molar-refractivity contribution in [2.75, 3.05) is 0 Å². The van der Waals surface area contributed by atoms with Gasteiger partial charge in [0.25, 0.3) is 0 Å². The van der Waals surface area contributed by atoms with Gasteiger partial charge in [0, 0.05) is 6.42 Å². The number of carbonyl (C=O) groups is 4. The molecule has 1 heterocycles. The first-order chi connectivity index (χ1) is 19.0. The Morgan fingerprint density at radius 3 is 2.15 bits per heavy atom. The van der Waals surface area contributed by atoms with E-state index in [1.807, 2.05) is 52.0 Å². The highest BCUT2D eigenvalue weighted by Gasteiger charge is 2.35. The van der Waals surface area contributed by atoms with Crippen LogP contribution in [0.5, 0.6) is 0 Å². The number of hydrogen-bond acceptors (Lipinski definition) is 5. The summed E-state index contributed by atoms with van der Waals surface area (Å²) in [5, 5.41) is 8.40. The monoisotopic (exact) mass is 557 g/mol. The minimum atomic E-state index is -0.896. The van der Waals surface area contributed by atoms with E-state index in [1.54, 1.807) is 6.92 Å². The van der Waals surface area contributed by atoms with Gasteiger partial charge in [0.15, 0.2) is 0 Å². The Bertz CT molecular complexity index is 964. The van der Waals surface area contributed by atoms with E-state index in [0.29, 0.717) is 6.42 Å². The smallest absolute Gasteiger partial charge is 0.329 e. The van der Waals surface area contributed by atoms with Gasteiger partial charge in [0.1, 0.15) is 24.2 Å². The molecule has 1 unspecified atom stereocenters. The Morgan fingerprint density at radius 1 is 0.850 bits per heavy atom. The van der Waals surface area contributed by atoms with Crippen LogP contribution in [0.15, 0.2) is 24.3 Å². The van der Waals surface area contributed by atoms with Gasteiger partial charge in [-0.25, -0.2) is 4.79 Å². The van der Waals surface area contributed by atoms with Gasteiger partial charge in [-0.1, -0.05) is 102 Å². The Balaban J connectivity index is 2.29. The molecule has 0 aromatic heterocycles. The molecule has 0 spiro atoms. The lowest BCUT2D eigenvalue weighted by Gasteiger charge is -2.29. The maximum Gasteiger partial charge on any atom is 0.329 e. The third-order valence-corrected chi connectivity index (χ3v) is 8.03. The standard InChI is InChI=1S/C32H51N3O5/c1-7-9-10-11-12-13-14-23(5)27-20-28(36)34-26(19-25-17-15-21(3)16-18-25)31(38)33-24(6)30(37)35-29(22(4)8-2)32(39)40-27/h15-18,22-24,26-27,29H,7-14,19-20H2,1-6H3,(H,33,38)(H,34,36)(H,35,37)/t22-,23-,24-,26-,27-,29?/m0/s1. The first-order valence-electron chi connectivity index (χ1n) is 15.2. The van der Waals surface area contributed by atoms with Crippen molar-refractivity contribution in [3.8, 4) is 0 Å². The molecule has 8 nitrogen and oxygen atoms in total. The number of ether oxygens (including phenoxy) is 1. The van der Waals surface area contributed by atoms with Gasteiger partial charge in [-0.3, -0.25) is 14.4 Å². The number of benzene rings is 1. The molecule has 0 aliphatic carbocycles. The van der Waals surface area contributed by atoms with Crippen LogP contribution in [0.25, 0.3) is 0 Å². The Morgan fingerprint density at radius 2 is 1.50 bits per heavy atom. The lowest BCUT2D eigenvalue weighted by molar-refractivity contribution is -0.158. The highest BCUT2D eigenvalue weighted by atomic mass is 16.5. The molecule has 8 heteroatoms. The molecule has 1 fully saturated rings. The van der Waals surface area contributed by atoms with Crippen LogP contribution in [0.4, 0.5) is 0 Å². The topological polar surface area (TPSA) is 114 Å². The number of carbonyl (C=O) groups excluding carboxylic acids is 4. The van der Waals surface area contributed by atoms with Crippen molar-refractivity contribution in [3.63, 3.8) is 0 Å². The Labute approximate surface area is 240 Å². The average molecular weight is 558 g/mol. The van der Waals surface area contributed by atoms with Crippen molar-refractivity contribution in [1.82, 2.24) is 16.0 Å². The first-order valence-corrected chi connectivity index (χ1v) is 15.2. The zero-order chi connectivity index (χ0) is 29.7. The molecule has 40 heavy (non-hydrogen) atoms. The second-order valence-corrected chi connectivity index (χ2v) is 11.6.